The molecule has 0 unspecified atom stereocenters. The maximum atomic E-state index is 12.9. The molecular weight excluding hydrogens is 360 g/mol. The highest BCUT2D eigenvalue weighted by molar-refractivity contribution is 5.93. The highest BCUT2D eigenvalue weighted by Gasteiger charge is 2.75. The lowest BCUT2D eigenvalue weighted by Gasteiger charge is -2.56. The quantitative estimate of drug-likeness (QED) is 0.415. The number of ether oxygens (including phenoxy) is 3. The molecule has 0 aromatic heterocycles. The molecule has 1 saturated heterocycles. The lowest BCUT2D eigenvalue weighted by atomic mass is 9.51. The minimum Gasteiger partial charge on any atom is -0.455 e. The molecular formula is C22H32O6. The molecule has 3 rings (SSSR count). The van der Waals surface area contributed by atoms with Crippen LogP contribution in [0, 0.1) is 11.3 Å². The van der Waals surface area contributed by atoms with Gasteiger partial charge in [0.05, 0.1) is 0 Å². The van der Waals surface area contributed by atoms with E-state index >= 15 is 0 Å². The Morgan fingerprint density at radius 3 is 2.29 bits per heavy atom. The predicted molar refractivity (Wildman–Crippen MR) is 102 cm³/mol. The first-order chi connectivity index (χ1) is 12.8. The van der Waals surface area contributed by atoms with Crippen LogP contribution in [-0.4, -0.2) is 40.6 Å². The van der Waals surface area contributed by atoms with E-state index in [1.807, 2.05) is 20.8 Å². The van der Waals surface area contributed by atoms with Crippen LogP contribution >= 0.6 is 0 Å². The molecule has 1 aliphatic heterocycles. The normalized spacial score (nSPS) is 42.0. The van der Waals surface area contributed by atoms with Gasteiger partial charge >= 0.3 is 11.9 Å². The van der Waals surface area contributed by atoms with E-state index in [2.05, 4.69) is 6.92 Å². The van der Waals surface area contributed by atoms with Crippen LogP contribution in [-0.2, 0) is 28.6 Å². The van der Waals surface area contributed by atoms with Crippen molar-refractivity contribution in [1.82, 2.24) is 0 Å². The van der Waals surface area contributed by atoms with Crippen LogP contribution in [0.1, 0.15) is 74.1 Å². The van der Waals surface area contributed by atoms with Gasteiger partial charge in [-0.05, 0) is 59.3 Å². The van der Waals surface area contributed by atoms with Crippen molar-refractivity contribution < 1.29 is 28.6 Å². The van der Waals surface area contributed by atoms with E-state index in [4.69, 9.17) is 14.2 Å². The molecule has 1 spiro atoms. The molecule has 0 N–H and O–H groups in total. The average Bonchev–Trinajstić information content (AvgIpc) is 3.14. The SMILES string of the molecule is C/C=C(/C)C(=O)O[C@H]1CC[C@]2(C)CC(=O)[C@@]3(C[C@H]2[C@@]1(C)OC(C)=O)OC3(C)C. The summed E-state index contributed by atoms with van der Waals surface area (Å²) in [5.41, 5.74) is -2.18. The third kappa shape index (κ3) is 3.00. The van der Waals surface area contributed by atoms with Crippen LogP contribution < -0.4 is 0 Å². The standard InChI is InChI=1S/C22H32O6/c1-8-13(2)18(25)26-17-9-10-20(6)12-16(24)22(19(4,5)28-22)11-15(20)21(17,7)27-14(3)23/h8,15,17H,9-12H2,1-7H3/b13-8-/t15-,17+,20-,21-,22-/m1/s1. The van der Waals surface area contributed by atoms with Crippen molar-refractivity contribution in [3.8, 4) is 0 Å². The Labute approximate surface area is 167 Å². The summed E-state index contributed by atoms with van der Waals surface area (Å²) < 4.78 is 17.6. The molecule has 0 bridgehead atoms. The highest BCUT2D eigenvalue weighted by atomic mass is 16.6. The lowest BCUT2D eigenvalue weighted by Crippen LogP contribution is -2.64. The first-order valence-corrected chi connectivity index (χ1v) is 10.1. The number of fused-ring (bicyclic) bond motifs is 1. The Morgan fingerprint density at radius 1 is 1.18 bits per heavy atom. The summed E-state index contributed by atoms with van der Waals surface area (Å²) in [6.07, 6.45) is 3.26. The second-order valence-electron chi connectivity index (χ2n) is 9.63. The number of ketones is 1. The van der Waals surface area contributed by atoms with Gasteiger partial charge in [0.15, 0.2) is 11.4 Å². The molecule has 156 valence electrons. The lowest BCUT2D eigenvalue weighted by molar-refractivity contribution is -0.221. The van der Waals surface area contributed by atoms with Gasteiger partial charge in [-0.3, -0.25) is 9.59 Å². The number of rotatable bonds is 3. The summed E-state index contributed by atoms with van der Waals surface area (Å²) in [6, 6.07) is 0. The van der Waals surface area contributed by atoms with Crippen LogP contribution in [0.2, 0.25) is 0 Å². The molecule has 28 heavy (non-hydrogen) atoms. The number of epoxide rings is 1. The molecule has 6 nitrogen and oxygen atoms in total. The molecule has 1 heterocycles. The van der Waals surface area contributed by atoms with Gasteiger partial charge in [-0.1, -0.05) is 13.0 Å². The molecule has 5 atom stereocenters. The molecule has 6 heteroatoms. The van der Waals surface area contributed by atoms with E-state index in [0.29, 0.717) is 24.8 Å². The summed E-state index contributed by atoms with van der Waals surface area (Å²) in [5, 5.41) is 0. The summed E-state index contributed by atoms with van der Waals surface area (Å²) in [5.74, 6) is -0.848. The number of hydrogen-bond acceptors (Lipinski definition) is 6. The predicted octanol–water partition coefficient (Wildman–Crippen LogP) is 3.51. The van der Waals surface area contributed by atoms with Crippen molar-refractivity contribution in [2.75, 3.05) is 0 Å². The van der Waals surface area contributed by atoms with Gasteiger partial charge in [-0.15, -0.1) is 0 Å². The van der Waals surface area contributed by atoms with Crippen molar-refractivity contribution in [3.63, 3.8) is 0 Å². The average molecular weight is 392 g/mol. The van der Waals surface area contributed by atoms with E-state index in [1.54, 1.807) is 19.9 Å². The van der Waals surface area contributed by atoms with E-state index in [-0.39, 0.29) is 17.1 Å². The smallest absolute Gasteiger partial charge is 0.333 e. The summed E-state index contributed by atoms with van der Waals surface area (Å²) >= 11 is 0. The molecule has 3 aliphatic rings. The number of Topliss-reactive ketones (excluding diaryl/α,β-unsaturated/α-hetero) is 1. The fourth-order valence-corrected chi connectivity index (χ4v) is 5.46. The first-order valence-electron chi connectivity index (χ1n) is 10.1. The Kier molecular flexibility index (Phi) is 4.81. The number of hydrogen-bond donors (Lipinski definition) is 0. The molecule has 0 radical (unpaired) electrons. The zero-order valence-corrected chi connectivity index (χ0v) is 18.0. The summed E-state index contributed by atoms with van der Waals surface area (Å²) in [4.78, 5) is 37.4. The van der Waals surface area contributed by atoms with Gasteiger partial charge in [0, 0.05) is 24.8 Å². The fraction of sp³-hybridized carbons (Fsp3) is 0.773. The second-order valence-corrected chi connectivity index (χ2v) is 9.63. The van der Waals surface area contributed by atoms with Crippen molar-refractivity contribution >= 4 is 17.7 Å². The minimum atomic E-state index is -1.02. The minimum absolute atomic E-state index is 0.127. The number of esters is 2. The van der Waals surface area contributed by atoms with Gasteiger partial charge in [-0.2, -0.15) is 0 Å². The van der Waals surface area contributed by atoms with E-state index in [9.17, 15) is 14.4 Å². The Morgan fingerprint density at radius 2 is 1.79 bits per heavy atom. The molecule has 2 aliphatic carbocycles. The van der Waals surface area contributed by atoms with Gasteiger partial charge in [0.1, 0.15) is 17.3 Å². The van der Waals surface area contributed by atoms with E-state index < -0.39 is 34.8 Å². The van der Waals surface area contributed by atoms with Gasteiger partial charge in [-0.25, -0.2) is 4.79 Å². The van der Waals surface area contributed by atoms with Crippen molar-refractivity contribution in [1.29, 1.82) is 0 Å². The Hall–Kier alpha value is -1.69. The highest BCUT2D eigenvalue weighted by Crippen LogP contribution is 2.64. The van der Waals surface area contributed by atoms with Crippen LogP contribution in [0.3, 0.4) is 0 Å². The van der Waals surface area contributed by atoms with Crippen LogP contribution in [0.25, 0.3) is 0 Å². The largest absolute Gasteiger partial charge is 0.455 e. The maximum absolute atomic E-state index is 12.9. The van der Waals surface area contributed by atoms with Crippen molar-refractivity contribution in [2.45, 2.75) is 97.1 Å². The van der Waals surface area contributed by atoms with Crippen LogP contribution in [0.4, 0.5) is 0 Å². The third-order valence-corrected chi connectivity index (χ3v) is 7.38. The monoisotopic (exact) mass is 392 g/mol. The second kappa shape index (κ2) is 6.41. The van der Waals surface area contributed by atoms with Gasteiger partial charge < -0.3 is 14.2 Å². The summed E-state index contributed by atoms with van der Waals surface area (Å²) in [6.45, 7) is 12.6. The van der Waals surface area contributed by atoms with E-state index in [0.717, 1.165) is 6.42 Å². The third-order valence-electron chi connectivity index (χ3n) is 7.38. The summed E-state index contributed by atoms with van der Waals surface area (Å²) in [7, 11) is 0. The van der Waals surface area contributed by atoms with Crippen molar-refractivity contribution in [2.24, 2.45) is 11.3 Å². The molecule has 0 aromatic carbocycles. The first kappa shape index (κ1) is 21.0. The van der Waals surface area contributed by atoms with Gasteiger partial charge in [0.25, 0.3) is 0 Å². The van der Waals surface area contributed by atoms with Crippen molar-refractivity contribution in [3.05, 3.63) is 11.6 Å². The molecule has 0 aromatic rings. The molecule has 0 amide bonds. The van der Waals surface area contributed by atoms with Gasteiger partial charge in [0.2, 0.25) is 0 Å². The Balaban J connectivity index is 1.98. The molecule has 3 fully saturated rings. The van der Waals surface area contributed by atoms with Crippen LogP contribution in [0.5, 0.6) is 0 Å². The number of allylic oxidation sites excluding steroid dienone is 1. The van der Waals surface area contributed by atoms with E-state index in [1.165, 1.54) is 6.92 Å². The Bertz CT molecular complexity index is 752. The van der Waals surface area contributed by atoms with Crippen LogP contribution in [0.15, 0.2) is 11.6 Å². The number of carbonyl (C=O) groups is 3. The fourth-order valence-electron chi connectivity index (χ4n) is 5.46. The zero-order chi connectivity index (χ0) is 21.1. The maximum Gasteiger partial charge on any atom is 0.333 e. The topological polar surface area (TPSA) is 82.2 Å². The number of carbonyl (C=O) groups excluding carboxylic acids is 3. The zero-order valence-electron chi connectivity index (χ0n) is 18.0. The molecule has 2 saturated carbocycles.